The zero-order valence-electron chi connectivity index (χ0n) is 17.7. The molecule has 29 heavy (non-hydrogen) atoms. The molecule has 0 saturated heterocycles. The van der Waals surface area contributed by atoms with E-state index in [9.17, 15) is 20.1 Å². The molecule has 0 unspecified atom stereocenters. The number of hydrogen-bond donors (Lipinski definition) is 3. The number of carbonyl (C=O) groups is 1. The van der Waals surface area contributed by atoms with Crippen LogP contribution < -0.4 is 0 Å². The monoisotopic (exact) mass is 405 g/mol. The molecular formula is C23H32FNO4. The van der Waals surface area contributed by atoms with Crippen LogP contribution >= 0.6 is 0 Å². The van der Waals surface area contributed by atoms with Crippen molar-refractivity contribution in [2.75, 3.05) is 13.7 Å². The van der Waals surface area contributed by atoms with E-state index in [0.717, 1.165) is 11.3 Å². The van der Waals surface area contributed by atoms with Gasteiger partial charge in [0.15, 0.2) is 11.5 Å². The van der Waals surface area contributed by atoms with Crippen LogP contribution in [0.15, 0.2) is 28.8 Å². The second-order valence-electron chi connectivity index (χ2n) is 10.00. The lowest BCUT2D eigenvalue weighted by Crippen LogP contribution is -2.69. The van der Waals surface area contributed by atoms with Crippen LogP contribution in [-0.2, 0) is 4.79 Å². The first-order valence-electron chi connectivity index (χ1n) is 10.6. The van der Waals surface area contributed by atoms with E-state index >= 15 is 4.39 Å². The van der Waals surface area contributed by atoms with Gasteiger partial charge in [-0.15, -0.1) is 0 Å². The Hall–Kier alpha value is -1.37. The molecule has 160 valence electrons. The normalized spacial score (nSPS) is 52.6. The molecule has 0 aliphatic heterocycles. The van der Waals surface area contributed by atoms with Crippen molar-refractivity contribution >= 4 is 11.5 Å². The molecule has 3 N–H and O–H groups in total. The van der Waals surface area contributed by atoms with Crippen molar-refractivity contribution in [3.63, 3.8) is 0 Å². The minimum atomic E-state index is -1.88. The third-order valence-electron chi connectivity index (χ3n) is 9.06. The molecule has 3 fully saturated rings. The van der Waals surface area contributed by atoms with Gasteiger partial charge in [-0.2, -0.15) is 0 Å². The van der Waals surface area contributed by atoms with E-state index in [2.05, 4.69) is 4.99 Å². The number of alkyl halides is 1. The number of Topliss-reactive ketones (excluding diaryl/α,β-unsaturated/α-hetero) is 1. The Balaban J connectivity index is 1.83. The maximum Gasteiger partial charge on any atom is 0.190 e. The van der Waals surface area contributed by atoms with Gasteiger partial charge in [-0.1, -0.05) is 25.5 Å². The first-order chi connectivity index (χ1) is 13.5. The summed E-state index contributed by atoms with van der Waals surface area (Å²) in [7, 11) is 1.70. The number of hydrogen-bond acceptors (Lipinski definition) is 5. The predicted molar refractivity (Wildman–Crippen MR) is 108 cm³/mol. The molecule has 0 aromatic carbocycles. The van der Waals surface area contributed by atoms with Gasteiger partial charge in [-0.3, -0.25) is 9.79 Å². The first kappa shape index (κ1) is 20.9. The Kier molecular flexibility index (Phi) is 4.55. The van der Waals surface area contributed by atoms with Gasteiger partial charge in [0.1, 0.15) is 12.2 Å². The van der Waals surface area contributed by atoms with Crippen molar-refractivity contribution in [2.45, 2.75) is 63.8 Å². The molecule has 5 nitrogen and oxygen atoms in total. The van der Waals surface area contributed by atoms with Crippen LogP contribution in [0.1, 0.15) is 46.5 Å². The molecule has 0 aromatic rings. The van der Waals surface area contributed by atoms with Crippen LogP contribution in [0.5, 0.6) is 0 Å². The maximum absolute atomic E-state index is 17.0. The van der Waals surface area contributed by atoms with Gasteiger partial charge >= 0.3 is 0 Å². The minimum absolute atomic E-state index is 0.0112. The molecule has 0 spiro atoms. The quantitative estimate of drug-likeness (QED) is 0.658. The summed E-state index contributed by atoms with van der Waals surface area (Å²) in [5.41, 5.74) is -3.82. The van der Waals surface area contributed by atoms with E-state index in [1.807, 2.05) is 25.2 Å². The minimum Gasteiger partial charge on any atom is -0.390 e. The topological polar surface area (TPSA) is 90.1 Å². The average Bonchev–Trinajstić information content (AvgIpc) is 2.89. The molecule has 4 rings (SSSR count). The lowest BCUT2D eigenvalue weighted by Gasteiger charge is -2.62. The highest BCUT2D eigenvalue weighted by Gasteiger charge is 2.75. The molecule has 4 aliphatic rings. The largest absolute Gasteiger partial charge is 0.390 e. The van der Waals surface area contributed by atoms with E-state index in [-0.39, 0.29) is 12.3 Å². The van der Waals surface area contributed by atoms with E-state index in [1.165, 1.54) is 0 Å². The van der Waals surface area contributed by atoms with Gasteiger partial charge in [0.05, 0.1) is 11.8 Å². The number of allylic oxidation sites excluding steroid dienone is 4. The van der Waals surface area contributed by atoms with Gasteiger partial charge in [0, 0.05) is 23.8 Å². The van der Waals surface area contributed by atoms with Crippen LogP contribution in [0.2, 0.25) is 0 Å². The molecule has 0 radical (unpaired) electrons. The van der Waals surface area contributed by atoms with Gasteiger partial charge in [0.25, 0.3) is 0 Å². The van der Waals surface area contributed by atoms with Crippen LogP contribution in [0.25, 0.3) is 0 Å². The highest BCUT2D eigenvalue weighted by Crippen LogP contribution is 2.70. The van der Waals surface area contributed by atoms with Gasteiger partial charge < -0.3 is 15.3 Å². The summed E-state index contributed by atoms with van der Waals surface area (Å²) in [4.78, 5) is 16.8. The Morgan fingerprint density at radius 2 is 2.03 bits per heavy atom. The number of nitrogens with zero attached hydrogens (tertiary/aromatic N) is 1. The number of ketones is 1. The zero-order chi connectivity index (χ0) is 21.4. The molecule has 3 saturated carbocycles. The summed E-state index contributed by atoms with van der Waals surface area (Å²) in [5, 5.41) is 32.2. The van der Waals surface area contributed by atoms with E-state index in [1.54, 1.807) is 20.9 Å². The SMILES string of the molecule is CN=C1C=C[C@@]2(C)C(=C1)CC[C@H]1[C@@H]3C[C@@H](C)[C@](O)(C(=O)CO)[C@@]3(C)C[C@H](O)[C@@]12F. The number of halogens is 1. The molecule has 0 amide bonds. The van der Waals surface area contributed by atoms with E-state index in [4.69, 9.17) is 0 Å². The summed E-state index contributed by atoms with van der Waals surface area (Å²) >= 11 is 0. The standard InChI is InChI=1S/C23H32FNO4/c1-13-9-17-16-6-5-14-10-15(25-4)7-8-20(14,2)22(16,24)18(27)11-21(17,3)23(13,29)19(28)12-26/h7-8,10,13,16-18,26-27,29H,5-6,9,11-12H2,1-4H3/t13-,16+,17+,18+,20+,21+,22+,23+/m1/s1. The van der Waals surface area contributed by atoms with Gasteiger partial charge in [0.2, 0.25) is 0 Å². The Labute approximate surface area is 171 Å². The predicted octanol–water partition coefficient (Wildman–Crippen LogP) is 2.40. The second-order valence-corrected chi connectivity index (χ2v) is 10.00. The molecule has 0 heterocycles. The van der Waals surface area contributed by atoms with Gasteiger partial charge in [-0.05, 0) is 56.6 Å². The number of rotatable bonds is 2. The fourth-order valence-corrected chi connectivity index (χ4v) is 7.41. The summed E-state index contributed by atoms with van der Waals surface area (Å²) in [6.07, 6.45) is 6.00. The van der Waals surface area contributed by atoms with Crippen molar-refractivity contribution in [3.8, 4) is 0 Å². The highest BCUT2D eigenvalue weighted by molar-refractivity contribution is 6.05. The number of aliphatic hydroxyl groups excluding tert-OH is 2. The van der Waals surface area contributed by atoms with Crippen molar-refractivity contribution in [1.82, 2.24) is 0 Å². The summed E-state index contributed by atoms with van der Waals surface area (Å²) in [6, 6.07) is 0. The molecule has 8 atom stereocenters. The molecule has 6 heteroatoms. The van der Waals surface area contributed by atoms with Crippen LogP contribution in [-0.4, -0.2) is 57.8 Å². The second kappa shape index (κ2) is 6.32. The lowest BCUT2D eigenvalue weighted by molar-refractivity contribution is -0.219. The average molecular weight is 406 g/mol. The van der Waals surface area contributed by atoms with Crippen molar-refractivity contribution < 1.29 is 24.5 Å². The third-order valence-corrected chi connectivity index (χ3v) is 9.06. The molecular weight excluding hydrogens is 373 g/mol. The number of fused-ring (bicyclic) bond motifs is 5. The van der Waals surface area contributed by atoms with Crippen LogP contribution in [0.4, 0.5) is 4.39 Å². The van der Waals surface area contributed by atoms with Gasteiger partial charge in [-0.25, -0.2) is 4.39 Å². The molecule has 0 aromatic heterocycles. The first-order valence-corrected chi connectivity index (χ1v) is 10.6. The molecule has 4 aliphatic carbocycles. The number of aliphatic imine (C=N–C) groups is 1. The third kappa shape index (κ3) is 2.26. The number of carbonyl (C=O) groups excluding carboxylic acids is 1. The maximum atomic E-state index is 17.0. The van der Waals surface area contributed by atoms with E-state index < -0.39 is 52.4 Å². The lowest BCUT2D eigenvalue weighted by atomic mass is 9.44. The highest BCUT2D eigenvalue weighted by atomic mass is 19.1. The zero-order valence-corrected chi connectivity index (χ0v) is 17.7. The summed E-state index contributed by atoms with van der Waals surface area (Å²) in [5.74, 6) is -1.76. The Bertz CT molecular complexity index is 837. The Morgan fingerprint density at radius 1 is 1.34 bits per heavy atom. The van der Waals surface area contributed by atoms with Crippen LogP contribution in [0, 0.1) is 28.6 Å². The fraction of sp³-hybridized carbons (Fsp3) is 0.739. The van der Waals surface area contributed by atoms with Crippen molar-refractivity contribution in [1.29, 1.82) is 0 Å². The fourth-order valence-electron chi connectivity index (χ4n) is 7.41. The van der Waals surface area contributed by atoms with Crippen LogP contribution in [0.3, 0.4) is 0 Å². The van der Waals surface area contributed by atoms with Crippen molar-refractivity contribution in [3.05, 3.63) is 23.8 Å². The van der Waals surface area contributed by atoms with Crippen molar-refractivity contribution in [2.24, 2.45) is 33.6 Å². The summed E-state index contributed by atoms with van der Waals surface area (Å²) in [6.45, 7) is 4.69. The number of aliphatic hydroxyl groups is 3. The Morgan fingerprint density at radius 3 is 2.66 bits per heavy atom. The smallest absolute Gasteiger partial charge is 0.190 e. The summed E-state index contributed by atoms with van der Waals surface area (Å²) < 4.78 is 17.0. The van der Waals surface area contributed by atoms with E-state index in [0.29, 0.717) is 19.3 Å². The molecule has 0 bridgehead atoms.